The fourth-order valence-electron chi connectivity index (χ4n) is 1.65. The zero-order chi connectivity index (χ0) is 14.0. The normalized spacial score (nSPS) is 11.8. The minimum Gasteiger partial charge on any atom is -0.506 e. The Morgan fingerprint density at radius 1 is 1.32 bits per heavy atom. The van der Waals surface area contributed by atoms with Crippen LogP contribution in [0.25, 0.3) is 0 Å². The Morgan fingerprint density at radius 3 is 2.47 bits per heavy atom. The van der Waals surface area contributed by atoms with Crippen molar-refractivity contribution in [1.82, 2.24) is 10.3 Å². The molecule has 2 rings (SSSR count). The molecule has 2 aromatic rings. The van der Waals surface area contributed by atoms with Crippen LogP contribution in [0.4, 0.5) is 0 Å². The van der Waals surface area contributed by atoms with Crippen molar-refractivity contribution in [3.05, 3.63) is 43.2 Å². The van der Waals surface area contributed by atoms with Crippen LogP contribution in [-0.2, 0) is 12.1 Å². The van der Waals surface area contributed by atoms with Crippen molar-refractivity contribution in [2.45, 2.75) is 25.9 Å². The third-order valence-electron chi connectivity index (χ3n) is 2.78. The number of aromatic nitrogens is 1. The first-order valence-corrected chi connectivity index (χ1v) is 8.18. The van der Waals surface area contributed by atoms with Gasteiger partial charge in [0.2, 0.25) is 0 Å². The highest BCUT2D eigenvalue weighted by Gasteiger charge is 2.22. The van der Waals surface area contributed by atoms with Gasteiger partial charge < -0.3 is 10.4 Å². The summed E-state index contributed by atoms with van der Waals surface area (Å²) in [6, 6.07) is 3.82. The summed E-state index contributed by atoms with van der Waals surface area (Å²) in [5.41, 5.74) is 0.909. The van der Waals surface area contributed by atoms with Crippen molar-refractivity contribution < 1.29 is 5.11 Å². The molecule has 2 N–H and O–H groups in total. The van der Waals surface area contributed by atoms with E-state index >= 15 is 0 Å². The van der Waals surface area contributed by atoms with Crippen LogP contribution in [0.3, 0.4) is 0 Å². The Bertz CT molecular complexity index is 547. The molecule has 1 aromatic heterocycles. The number of hydrogen-bond donors (Lipinski definition) is 2. The summed E-state index contributed by atoms with van der Waals surface area (Å²) < 4.78 is 1.37. The third-order valence-corrected chi connectivity index (χ3v) is 5.08. The number of rotatable bonds is 4. The Kier molecular flexibility index (Phi) is 4.66. The number of hydrogen-bond acceptors (Lipinski definition) is 4. The molecule has 0 radical (unpaired) electrons. The highest BCUT2D eigenvalue weighted by Crippen LogP contribution is 2.33. The lowest BCUT2D eigenvalue weighted by Gasteiger charge is -2.24. The lowest BCUT2D eigenvalue weighted by Crippen LogP contribution is -2.35. The molecule has 1 aromatic carbocycles. The molecule has 0 bridgehead atoms. The predicted molar refractivity (Wildman–Crippen MR) is 85.5 cm³/mol. The first kappa shape index (κ1) is 15.0. The zero-order valence-corrected chi connectivity index (χ0v) is 14.6. The number of halogens is 2. The first-order chi connectivity index (χ1) is 8.90. The van der Waals surface area contributed by atoms with Crippen LogP contribution in [0.1, 0.15) is 24.4 Å². The molecule has 0 aliphatic heterocycles. The average molecular weight is 406 g/mol. The van der Waals surface area contributed by atoms with Crippen LogP contribution < -0.4 is 5.32 Å². The van der Waals surface area contributed by atoms with Gasteiger partial charge in [-0.1, -0.05) is 0 Å². The lowest BCUT2D eigenvalue weighted by molar-refractivity contribution is 0.399. The summed E-state index contributed by atoms with van der Waals surface area (Å²) in [7, 11) is 0. The van der Waals surface area contributed by atoms with E-state index in [2.05, 4.69) is 56.0 Å². The molecule has 0 aliphatic rings. The monoisotopic (exact) mass is 404 g/mol. The Labute approximate surface area is 133 Å². The van der Waals surface area contributed by atoms with Gasteiger partial charge >= 0.3 is 0 Å². The predicted octanol–water partition coefficient (Wildman–Crippen LogP) is 4.40. The topological polar surface area (TPSA) is 45.1 Å². The van der Waals surface area contributed by atoms with E-state index in [9.17, 15) is 5.11 Å². The second-order valence-electron chi connectivity index (χ2n) is 4.72. The Balaban J connectivity index is 2.11. The molecule has 0 unspecified atom stereocenters. The van der Waals surface area contributed by atoms with Gasteiger partial charge in [0.25, 0.3) is 0 Å². The standard InChI is InChI=1S/C13H14Br2N2OS/c1-13(2,12-16-3-4-19-12)17-7-8-5-9(14)11(18)10(15)6-8/h3-6,17-18H,7H2,1-2H3. The second-order valence-corrected chi connectivity index (χ2v) is 7.33. The largest absolute Gasteiger partial charge is 0.506 e. The molecule has 3 nitrogen and oxygen atoms in total. The van der Waals surface area contributed by atoms with Gasteiger partial charge in [0.15, 0.2) is 0 Å². The molecule has 0 aliphatic carbocycles. The molecule has 6 heteroatoms. The molecular formula is C13H14Br2N2OS. The number of nitrogens with zero attached hydrogens (tertiary/aromatic N) is 1. The Hall–Kier alpha value is -0.430. The van der Waals surface area contributed by atoms with Gasteiger partial charge in [0.05, 0.1) is 14.5 Å². The van der Waals surface area contributed by atoms with Gasteiger partial charge in [-0.25, -0.2) is 4.98 Å². The first-order valence-electron chi connectivity index (χ1n) is 5.72. The highest BCUT2D eigenvalue weighted by molar-refractivity contribution is 9.11. The van der Waals surface area contributed by atoms with Crippen molar-refractivity contribution in [3.63, 3.8) is 0 Å². The molecule has 0 amide bonds. The quantitative estimate of drug-likeness (QED) is 0.792. The van der Waals surface area contributed by atoms with E-state index in [1.54, 1.807) is 11.3 Å². The summed E-state index contributed by atoms with van der Waals surface area (Å²) in [5.74, 6) is 0.225. The minimum absolute atomic E-state index is 0.176. The van der Waals surface area contributed by atoms with Gasteiger partial charge in [-0.05, 0) is 63.4 Å². The maximum Gasteiger partial charge on any atom is 0.143 e. The van der Waals surface area contributed by atoms with Crippen molar-refractivity contribution in [3.8, 4) is 5.75 Å². The van der Waals surface area contributed by atoms with Gasteiger partial charge in [0, 0.05) is 18.1 Å². The fourth-order valence-corrected chi connectivity index (χ4v) is 3.67. The van der Waals surface area contributed by atoms with E-state index in [4.69, 9.17) is 0 Å². The van der Waals surface area contributed by atoms with Crippen LogP contribution in [0.2, 0.25) is 0 Å². The number of thiazole rings is 1. The lowest BCUT2D eigenvalue weighted by atomic mass is 10.1. The molecule has 0 saturated heterocycles. The van der Waals surface area contributed by atoms with E-state index in [0.29, 0.717) is 15.5 Å². The summed E-state index contributed by atoms with van der Waals surface area (Å²) in [6.45, 7) is 4.91. The van der Waals surface area contributed by atoms with E-state index in [0.717, 1.165) is 10.6 Å². The molecular weight excluding hydrogens is 392 g/mol. The van der Waals surface area contributed by atoms with Crippen molar-refractivity contribution in [2.24, 2.45) is 0 Å². The molecule has 0 spiro atoms. The number of phenolic OH excluding ortho intramolecular Hbond substituents is 1. The molecule has 1 heterocycles. The van der Waals surface area contributed by atoms with Crippen LogP contribution in [0.5, 0.6) is 5.75 Å². The highest BCUT2D eigenvalue weighted by atomic mass is 79.9. The zero-order valence-electron chi connectivity index (χ0n) is 10.6. The van der Waals surface area contributed by atoms with E-state index in [1.807, 2.05) is 23.7 Å². The maximum absolute atomic E-state index is 9.69. The molecule has 0 saturated carbocycles. The molecule has 102 valence electrons. The van der Waals surface area contributed by atoms with Crippen LogP contribution >= 0.6 is 43.2 Å². The summed E-state index contributed by atoms with van der Waals surface area (Å²) in [4.78, 5) is 4.35. The summed E-state index contributed by atoms with van der Waals surface area (Å²) in [5, 5.41) is 16.2. The number of aromatic hydroxyl groups is 1. The van der Waals surface area contributed by atoms with E-state index in [-0.39, 0.29) is 11.3 Å². The van der Waals surface area contributed by atoms with Crippen molar-refractivity contribution >= 4 is 43.2 Å². The summed E-state index contributed by atoms with van der Waals surface area (Å²) in [6.07, 6.45) is 1.82. The summed E-state index contributed by atoms with van der Waals surface area (Å²) >= 11 is 8.32. The van der Waals surface area contributed by atoms with Crippen LogP contribution in [0.15, 0.2) is 32.7 Å². The number of benzene rings is 1. The SMILES string of the molecule is CC(C)(NCc1cc(Br)c(O)c(Br)c1)c1nccs1. The van der Waals surface area contributed by atoms with Crippen molar-refractivity contribution in [1.29, 1.82) is 0 Å². The molecule has 0 atom stereocenters. The van der Waals surface area contributed by atoms with Crippen LogP contribution in [-0.4, -0.2) is 10.1 Å². The number of phenols is 1. The van der Waals surface area contributed by atoms with E-state index < -0.39 is 0 Å². The van der Waals surface area contributed by atoms with Gasteiger partial charge in [-0.2, -0.15) is 0 Å². The van der Waals surface area contributed by atoms with Crippen molar-refractivity contribution in [2.75, 3.05) is 0 Å². The fraction of sp³-hybridized carbons (Fsp3) is 0.308. The second kappa shape index (κ2) is 5.91. The minimum atomic E-state index is -0.176. The van der Waals surface area contributed by atoms with Gasteiger partial charge in [-0.3, -0.25) is 0 Å². The van der Waals surface area contributed by atoms with Gasteiger partial charge in [-0.15, -0.1) is 11.3 Å². The average Bonchev–Trinajstić information content (AvgIpc) is 2.88. The van der Waals surface area contributed by atoms with E-state index in [1.165, 1.54) is 0 Å². The maximum atomic E-state index is 9.69. The number of nitrogens with one attached hydrogen (secondary N) is 1. The van der Waals surface area contributed by atoms with Crippen LogP contribution in [0, 0.1) is 0 Å². The Morgan fingerprint density at radius 2 is 1.95 bits per heavy atom. The third kappa shape index (κ3) is 3.56. The molecule has 0 fully saturated rings. The smallest absolute Gasteiger partial charge is 0.143 e. The van der Waals surface area contributed by atoms with Gasteiger partial charge in [0.1, 0.15) is 10.8 Å². The molecule has 19 heavy (non-hydrogen) atoms.